The van der Waals surface area contributed by atoms with Gasteiger partial charge < -0.3 is 10.5 Å². The zero-order chi connectivity index (χ0) is 12.1. The van der Waals surface area contributed by atoms with Crippen molar-refractivity contribution in [3.05, 3.63) is 47.9 Å². The van der Waals surface area contributed by atoms with Gasteiger partial charge in [0.2, 0.25) is 0 Å². The lowest BCUT2D eigenvalue weighted by Crippen LogP contribution is -2.06. The molecule has 1 aromatic carbocycles. The normalized spacial score (nSPS) is 9.88. The van der Waals surface area contributed by atoms with Crippen LogP contribution in [0.25, 0.3) is 0 Å². The molecule has 0 aliphatic heterocycles. The number of aldehydes is 1. The van der Waals surface area contributed by atoms with Crippen LogP contribution < -0.4 is 10.5 Å². The maximum absolute atomic E-state index is 10.5. The molecule has 0 amide bonds. The van der Waals surface area contributed by atoms with E-state index in [0.29, 0.717) is 12.1 Å². The standard InChI is InChI=1S/C12H11N3O2/c13-12-9(7-16)6-14-11(15-12)8-17-10-4-2-1-3-5-10/h1-7H,8H2,(H2,13,14,15). The molecular weight excluding hydrogens is 218 g/mol. The Balaban J connectivity index is 2.05. The van der Waals surface area contributed by atoms with Crippen molar-refractivity contribution in [2.24, 2.45) is 0 Å². The van der Waals surface area contributed by atoms with E-state index in [1.54, 1.807) is 0 Å². The lowest BCUT2D eigenvalue weighted by atomic mass is 10.3. The maximum atomic E-state index is 10.5. The van der Waals surface area contributed by atoms with Crippen LogP contribution in [0.2, 0.25) is 0 Å². The number of para-hydroxylation sites is 1. The Labute approximate surface area is 98.3 Å². The molecule has 5 nitrogen and oxygen atoms in total. The molecule has 2 N–H and O–H groups in total. The van der Waals surface area contributed by atoms with Gasteiger partial charge in [-0.05, 0) is 12.1 Å². The molecule has 2 aromatic rings. The molecule has 0 aliphatic carbocycles. The van der Waals surface area contributed by atoms with E-state index in [2.05, 4.69) is 9.97 Å². The molecule has 0 saturated heterocycles. The Morgan fingerprint density at radius 2 is 2.06 bits per heavy atom. The smallest absolute Gasteiger partial charge is 0.168 e. The van der Waals surface area contributed by atoms with E-state index in [1.807, 2.05) is 30.3 Å². The Kier molecular flexibility index (Phi) is 3.30. The average molecular weight is 229 g/mol. The quantitative estimate of drug-likeness (QED) is 0.803. The average Bonchev–Trinajstić information content (AvgIpc) is 2.38. The second-order valence-corrected chi connectivity index (χ2v) is 3.35. The van der Waals surface area contributed by atoms with Crippen LogP contribution in [0.1, 0.15) is 16.2 Å². The molecule has 0 saturated carbocycles. The van der Waals surface area contributed by atoms with Gasteiger partial charge in [0.05, 0.1) is 5.56 Å². The van der Waals surface area contributed by atoms with Gasteiger partial charge in [-0.15, -0.1) is 0 Å². The highest BCUT2D eigenvalue weighted by Gasteiger charge is 2.03. The summed E-state index contributed by atoms with van der Waals surface area (Å²) in [5, 5.41) is 0. The molecular formula is C12H11N3O2. The molecule has 5 heteroatoms. The van der Waals surface area contributed by atoms with Crippen molar-refractivity contribution < 1.29 is 9.53 Å². The molecule has 17 heavy (non-hydrogen) atoms. The number of nitrogens with two attached hydrogens (primary N) is 1. The summed E-state index contributed by atoms with van der Waals surface area (Å²) in [5.41, 5.74) is 5.85. The number of hydrogen-bond donors (Lipinski definition) is 1. The van der Waals surface area contributed by atoms with Crippen LogP contribution in [0, 0.1) is 0 Å². The fraction of sp³-hybridized carbons (Fsp3) is 0.0833. The van der Waals surface area contributed by atoms with E-state index in [4.69, 9.17) is 10.5 Å². The van der Waals surface area contributed by atoms with Gasteiger partial charge in [-0.25, -0.2) is 9.97 Å². The molecule has 0 spiro atoms. The number of hydrogen-bond acceptors (Lipinski definition) is 5. The minimum Gasteiger partial charge on any atom is -0.486 e. The summed E-state index contributed by atoms with van der Waals surface area (Å²) < 4.78 is 5.45. The van der Waals surface area contributed by atoms with E-state index < -0.39 is 0 Å². The van der Waals surface area contributed by atoms with Crippen LogP contribution in [-0.4, -0.2) is 16.3 Å². The van der Waals surface area contributed by atoms with Gasteiger partial charge in [-0.2, -0.15) is 0 Å². The lowest BCUT2D eigenvalue weighted by molar-refractivity contribution is 0.112. The SMILES string of the molecule is Nc1nc(COc2ccccc2)ncc1C=O. The predicted octanol–water partition coefficient (Wildman–Crippen LogP) is 1.45. The van der Waals surface area contributed by atoms with Crippen LogP contribution in [0.3, 0.4) is 0 Å². The van der Waals surface area contributed by atoms with E-state index in [1.165, 1.54) is 6.20 Å². The molecule has 1 heterocycles. The number of benzene rings is 1. The molecule has 0 bridgehead atoms. The first-order chi connectivity index (χ1) is 8.29. The number of aromatic nitrogens is 2. The Hall–Kier alpha value is -2.43. The molecule has 0 aliphatic rings. The fourth-order valence-electron chi connectivity index (χ4n) is 1.27. The van der Waals surface area contributed by atoms with E-state index in [0.717, 1.165) is 5.75 Å². The Morgan fingerprint density at radius 1 is 1.29 bits per heavy atom. The van der Waals surface area contributed by atoms with Crippen molar-refractivity contribution >= 4 is 12.1 Å². The first-order valence-corrected chi connectivity index (χ1v) is 5.04. The summed E-state index contributed by atoms with van der Waals surface area (Å²) in [6, 6.07) is 9.33. The van der Waals surface area contributed by atoms with Gasteiger partial charge in [0.25, 0.3) is 0 Å². The van der Waals surface area contributed by atoms with Crippen LogP contribution in [0.4, 0.5) is 5.82 Å². The first kappa shape index (κ1) is 11.1. The summed E-state index contributed by atoms with van der Waals surface area (Å²) in [4.78, 5) is 18.5. The van der Waals surface area contributed by atoms with Crippen molar-refractivity contribution in [1.29, 1.82) is 0 Å². The van der Waals surface area contributed by atoms with Gasteiger partial charge in [0.1, 0.15) is 18.2 Å². The highest BCUT2D eigenvalue weighted by Crippen LogP contribution is 2.11. The molecule has 0 fully saturated rings. The van der Waals surface area contributed by atoms with Gasteiger partial charge in [-0.1, -0.05) is 18.2 Å². The number of nitrogens with zero attached hydrogens (tertiary/aromatic N) is 2. The van der Waals surface area contributed by atoms with Gasteiger partial charge in [0, 0.05) is 6.20 Å². The Bertz CT molecular complexity index is 514. The largest absolute Gasteiger partial charge is 0.486 e. The minimum absolute atomic E-state index is 0.168. The lowest BCUT2D eigenvalue weighted by Gasteiger charge is -2.05. The molecule has 1 aromatic heterocycles. The number of nitrogen functional groups attached to an aromatic ring is 1. The second-order valence-electron chi connectivity index (χ2n) is 3.35. The third-order valence-electron chi connectivity index (χ3n) is 2.14. The molecule has 0 radical (unpaired) electrons. The summed E-state index contributed by atoms with van der Waals surface area (Å²) in [6.07, 6.45) is 2.01. The third kappa shape index (κ3) is 2.78. The molecule has 0 atom stereocenters. The van der Waals surface area contributed by atoms with Gasteiger partial charge in [0.15, 0.2) is 12.1 Å². The number of rotatable bonds is 4. The molecule has 2 rings (SSSR count). The van der Waals surface area contributed by atoms with Crippen molar-refractivity contribution in [1.82, 2.24) is 9.97 Å². The fourth-order valence-corrected chi connectivity index (χ4v) is 1.27. The number of ether oxygens (including phenoxy) is 1. The van der Waals surface area contributed by atoms with E-state index in [9.17, 15) is 4.79 Å². The van der Waals surface area contributed by atoms with Crippen molar-refractivity contribution in [3.63, 3.8) is 0 Å². The zero-order valence-electron chi connectivity index (χ0n) is 9.04. The second kappa shape index (κ2) is 5.07. The van der Waals surface area contributed by atoms with E-state index >= 15 is 0 Å². The van der Waals surface area contributed by atoms with Crippen LogP contribution in [0.15, 0.2) is 36.5 Å². The highest BCUT2D eigenvalue weighted by molar-refractivity contribution is 5.80. The maximum Gasteiger partial charge on any atom is 0.168 e. The van der Waals surface area contributed by atoms with Gasteiger partial charge in [-0.3, -0.25) is 4.79 Å². The van der Waals surface area contributed by atoms with Crippen molar-refractivity contribution in [2.75, 3.05) is 5.73 Å². The number of carbonyl (C=O) groups excluding carboxylic acids is 1. The monoisotopic (exact) mass is 229 g/mol. The molecule has 0 unspecified atom stereocenters. The highest BCUT2D eigenvalue weighted by atomic mass is 16.5. The van der Waals surface area contributed by atoms with Crippen molar-refractivity contribution in [2.45, 2.75) is 6.61 Å². The minimum atomic E-state index is 0.168. The topological polar surface area (TPSA) is 78.1 Å². The summed E-state index contributed by atoms with van der Waals surface area (Å²) in [7, 11) is 0. The van der Waals surface area contributed by atoms with Crippen LogP contribution in [0.5, 0.6) is 5.75 Å². The Morgan fingerprint density at radius 3 is 2.71 bits per heavy atom. The predicted molar refractivity (Wildman–Crippen MR) is 62.6 cm³/mol. The first-order valence-electron chi connectivity index (χ1n) is 5.04. The number of carbonyl (C=O) groups is 1. The van der Waals surface area contributed by atoms with Crippen LogP contribution >= 0.6 is 0 Å². The molecule has 86 valence electrons. The van der Waals surface area contributed by atoms with Crippen LogP contribution in [-0.2, 0) is 6.61 Å². The summed E-state index contributed by atoms with van der Waals surface area (Å²) in [6.45, 7) is 0.216. The third-order valence-corrected chi connectivity index (χ3v) is 2.14. The van der Waals surface area contributed by atoms with E-state index in [-0.39, 0.29) is 18.0 Å². The van der Waals surface area contributed by atoms with Gasteiger partial charge >= 0.3 is 0 Å². The van der Waals surface area contributed by atoms with Crippen molar-refractivity contribution in [3.8, 4) is 5.75 Å². The summed E-state index contributed by atoms with van der Waals surface area (Å²) in [5.74, 6) is 1.34. The number of anilines is 1. The summed E-state index contributed by atoms with van der Waals surface area (Å²) >= 11 is 0. The zero-order valence-corrected chi connectivity index (χ0v) is 9.04.